The van der Waals surface area contributed by atoms with E-state index in [0.29, 0.717) is 24.9 Å². The van der Waals surface area contributed by atoms with Crippen LogP contribution >= 0.6 is 0 Å². The Morgan fingerprint density at radius 2 is 1.71 bits per heavy atom. The number of carbonyl (C=O) groups excluding carboxylic acids is 1. The maximum atomic E-state index is 13.6. The normalized spacial score (nSPS) is 12.2. The third-order valence-electron chi connectivity index (χ3n) is 4.98. The summed E-state index contributed by atoms with van der Waals surface area (Å²) in [6.45, 7) is 9.65. The van der Waals surface area contributed by atoms with Gasteiger partial charge in [-0.15, -0.1) is 0 Å². The molecule has 0 bridgehead atoms. The summed E-state index contributed by atoms with van der Waals surface area (Å²) in [5, 5.41) is 3.65. The topological polar surface area (TPSA) is 77.4 Å². The fourth-order valence-electron chi connectivity index (χ4n) is 3.66. The summed E-state index contributed by atoms with van der Waals surface area (Å²) in [4.78, 5) is 12.3. The zero-order valence-corrected chi connectivity index (χ0v) is 19.5. The minimum Gasteiger partial charge on any atom is -0.444 e. The molecule has 0 atom stereocenters. The number of ether oxygens (including phenoxy) is 1. The first-order chi connectivity index (χ1) is 14.5. The molecule has 0 radical (unpaired) electrons. The van der Waals surface area contributed by atoms with Crippen molar-refractivity contribution in [3.05, 3.63) is 65.4 Å². The number of hydrogen-bond donors (Lipinski definition) is 1. The Hall–Kier alpha value is -2.80. The molecule has 3 aromatic rings. The fraction of sp³-hybridized carbons (Fsp3) is 0.375. The average Bonchev–Trinajstić information content (AvgIpc) is 3.01. The van der Waals surface area contributed by atoms with Crippen molar-refractivity contribution >= 4 is 27.0 Å². The zero-order chi connectivity index (χ0) is 22.8. The Labute approximate surface area is 184 Å². The van der Waals surface area contributed by atoms with Crippen molar-refractivity contribution in [1.82, 2.24) is 9.29 Å². The van der Waals surface area contributed by atoms with E-state index in [1.54, 1.807) is 24.3 Å². The van der Waals surface area contributed by atoms with E-state index in [1.807, 2.05) is 58.9 Å². The number of amides is 1. The standard InChI is InChI=1S/C24H30N2O4S/c1-6-21-20(15-16-25-23(27)30-24(3,4)5)19-9-7-8-10-22(19)26(21)31(28,29)18-13-11-17(2)12-14-18/h7-14H,6,15-16H2,1-5H3,(H,25,27). The van der Waals surface area contributed by atoms with Gasteiger partial charge in [-0.3, -0.25) is 0 Å². The van der Waals surface area contributed by atoms with Gasteiger partial charge in [0.25, 0.3) is 10.0 Å². The molecule has 0 spiro atoms. The number of hydrogen-bond acceptors (Lipinski definition) is 4. The molecule has 6 nitrogen and oxygen atoms in total. The first kappa shape index (κ1) is 22.9. The van der Waals surface area contributed by atoms with Crippen LogP contribution in [0.25, 0.3) is 10.9 Å². The number of carbonyl (C=O) groups is 1. The van der Waals surface area contributed by atoms with Gasteiger partial charge >= 0.3 is 6.09 Å². The molecule has 0 unspecified atom stereocenters. The third-order valence-corrected chi connectivity index (χ3v) is 6.74. The molecule has 0 saturated heterocycles. The van der Waals surface area contributed by atoms with Crippen molar-refractivity contribution in [2.24, 2.45) is 0 Å². The number of aromatic nitrogens is 1. The van der Waals surface area contributed by atoms with Crippen LogP contribution in [0.4, 0.5) is 4.79 Å². The highest BCUT2D eigenvalue weighted by atomic mass is 32.2. The van der Waals surface area contributed by atoms with Gasteiger partial charge in [-0.25, -0.2) is 17.2 Å². The van der Waals surface area contributed by atoms with E-state index in [2.05, 4.69) is 5.32 Å². The van der Waals surface area contributed by atoms with Crippen LogP contribution in [0.2, 0.25) is 0 Å². The lowest BCUT2D eigenvalue weighted by molar-refractivity contribution is 0.0528. The zero-order valence-electron chi connectivity index (χ0n) is 18.7. The number of alkyl carbamates (subject to hydrolysis) is 1. The van der Waals surface area contributed by atoms with Gasteiger partial charge in [0.1, 0.15) is 5.60 Å². The summed E-state index contributed by atoms with van der Waals surface area (Å²) in [6, 6.07) is 14.4. The Kier molecular flexibility index (Phi) is 6.46. The maximum absolute atomic E-state index is 13.6. The lowest BCUT2D eigenvalue weighted by atomic mass is 10.1. The molecular weight excluding hydrogens is 412 g/mol. The minimum absolute atomic E-state index is 0.256. The van der Waals surface area contributed by atoms with E-state index in [4.69, 9.17) is 4.74 Å². The molecule has 7 heteroatoms. The molecule has 1 heterocycles. The predicted octanol–water partition coefficient (Wildman–Crippen LogP) is 4.82. The second-order valence-electron chi connectivity index (χ2n) is 8.56. The van der Waals surface area contributed by atoms with Crippen LogP contribution in [0.15, 0.2) is 53.4 Å². The summed E-state index contributed by atoms with van der Waals surface area (Å²) >= 11 is 0. The number of nitrogens with zero attached hydrogens (tertiary/aromatic N) is 1. The van der Waals surface area contributed by atoms with Crippen molar-refractivity contribution in [1.29, 1.82) is 0 Å². The average molecular weight is 443 g/mol. The number of nitrogens with one attached hydrogen (secondary N) is 1. The maximum Gasteiger partial charge on any atom is 0.407 e. The van der Waals surface area contributed by atoms with E-state index in [1.165, 1.54) is 3.97 Å². The highest BCUT2D eigenvalue weighted by Crippen LogP contribution is 2.31. The summed E-state index contributed by atoms with van der Waals surface area (Å²) < 4.78 is 33.9. The number of para-hydroxylation sites is 1. The second kappa shape index (κ2) is 8.75. The molecular formula is C24H30N2O4S. The Morgan fingerprint density at radius 1 is 1.06 bits per heavy atom. The van der Waals surface area contributed by atoms with Crippen LogP contribution in [-0.4, -0.2) is 30.6 Å². The smallest absolute Gasteiger partial charge is 0.407 e. The van der Waals surface area contributed by atoms with Crippen LogP contribution in [0.5, 0.6) is 0 Å². The largest absolute Gasteiger partial charge is 0.444 e. The van der Waals surface area contributed by atoms with E-state index in [0.717, 1.165) is 22.2 Å². The predicted molar refractivity (Wildman–Crippen MR) is 123 cm³/mol. The number of aryl methyl sites for hydroxylation is 1. The summed E-state index contributed by atoms with van der Waals surface area (Å²) in [6.07, 6.45) is 0.558. The molecule has 3 rings (SSSR count). The molecule has 0 fully saturated rings. The molecule has 31 heavy (non-hydrogen) atoms. The van der Waals surface area contributed by atoms with Gasteiger partial charge < -0.3 is 10.1 Å². The van der Waals surface area contributed by atoms with Gasteiger partial charge in [0.05, 0.1) is 10.4 Å². The van der Waals surface area contributed by atoms with Crippen molar-refractivity contribution in [2.75, 3.05) is 6.54 Å². The lowest BCUT2D eigenvalue weighted by Gasteiger charge is -2.19. The fourth-order valence-corrected chi connectivity index (χ4v) is 5.30. The Morgan fingerprint density at radius 3 is 2.32 bits per heavy atom. The first-order valence-electron chi connectivity index (χ1n) is 10.4. The number of fused-ring (bicyclic) bond motifs is 1. The third kappa shape index (κ3) is 4.93. The van der Waals surface area contributed by atoms with Crippen molar-refractivity contribution in [2.45, 2.75) is 58.0 Å². The second-order valence-corrected chi connectivity index (χ2v) is 10.3. The molecule has 0 aliphatic carbocycles. The van der Waals surface area contributed by atoms with Gasteiger partial charge in [-0.2, -0.15) is 0 Å². The number of rotatable bonds is 6. The van der Waals surface area contributed by atoms with Gasteiger partial charge in [0.15, 0.2) is 0 Å². The number of benzene rings is 2. The van der Waals surface area contributed by atoms with E-state index in [9.17, 15) is 13.2 Å². The van der Waals surface area contributed by atoms with Crippen LogP contribution in [0, 0.1) is 6.92 Å². The summed E-state index contributed by atoms with van der Waals surface area (Å²) in [5.74, 6) is 0. The van der Waals surface area contributed by atoms with Crippen molar-refractivity contribution in [3.63, 3.8) is 0 Å². The molecule has 1 aromatic heterocycles. The molecule has 1 N–H and O–H groups in total. The Bertz CT molecular complexity index is 1190. The highest BCUT2D eigenvalue weighted by molar-refractivity contribution is 7.90. The molecule has 0 saturated carbocycles. The van der Waals surface area contributed by atoms with Gasteiger partial charge in [0, 0.05) is 17.6 Å². The first-order valence-corrected chi connectivity index (χ1v) is 11.9. The van der Waals surface area contributed by atoms with Crippen LogP contribution in [0.3, 0.4) is 0 Å². The van der Waals surface area contributed by atoms with Gasteiger partial charge in [-0.05, 0) is 64.3 Å². The molecule has 0 aliphatic rings. The molecule has 0 aliphatic heterocycles. The van der Waals surface area contributed by atoms with E-state index >= 15 is 0 Å². The lowest BCUT2D eigenvalue weighted by Crippen LogP contribution is -2.33. The summed E-state index contributed by atoms with van der Waals surface area (Å²) in [7, 11) is -3.77. The van der Waals surface area contributed by atoms with Crippen LogP contribution in [0.1, 0.15) is 44.5 Å². The Balaban J connectivity index is 2.01. The SMILES string of the molecule is CCc1c(CCNC(=O)OC(C)(C)C)c2ccccc2n1S(=O)(=O)c1ccc(C)cc1. The van der Waals surface area contributed by atoms with Crippen LogP contribution in [-0.2, 0) is 27.6 Å². The minimum atomic E-state index is -3.77. The van der Waals surface area contributed by atoms with Crippen molar-refractivity contribution in [3.8, 4) is 0 Å². The van der Waals surface area contributed by atoms with E-state index in [-0.39, 0.29) is 4.90 Å². The van der Waals surface area contributed by atoms with Crippen LogP contribution < -0.4 is 5.32 Å². The summed E-state index contributed by atoms with van der Waals surface area (Å²) in [5.41, 5.74) is 2.72. The quantitative estimate of drug-likeness (QED) is 0.594. The molecule has 1 amide bonds. The van der Waals surface area contributed by atoms with E-state index < -0.39 is 21.7 Å². The molecule has 166 valence electrons. The highest BCUT2D eigenvalue weighted by Gasteiger charge is 2.26. The monoisotopic (exact) mass is 442 g/mol. The van der Waals surface area contributed by atoms with Gasteiger partial charge in [-0.1, -0.05) is 42.8 Å². The van der Waals surface area contributed by atoms with Crippen molar-refractivity contribution < 1.29 is 17.9 Å². The molecule has 2 aromatic carbocycles. The van der Waals surface area contributed by atoms with Gasteiger partial charge in [0.2, 0.25) is 0 Å².